The Bertz CT molecular complexity index is 292. The molecule has 1 fully saturated rings. The Morgan fingerprint density at radius 2 is 1.93 bits per heavy atom. The maximum atomic E-state index is 10.8. The summed E-state index contributed by atoms with van der Waals surface area (Å²) < 4.78 is 23.3. The van der Waals surface area contributed by atoms with Crippen LogP contribution in [-0.4, -0.2) is 39.0 Å². The average Bonchev–Trinajstić information content (AvgIpc) is 2.47. The summed E-state index contributed by atoms with van der Waals surface area (Å²) in [5.74, 6) is -0.239. The lowest BCUT2D eigenvalue weighted by Gasteiger charge is -2.04. The molecule has 0 heterocycles. The maximum Gasteiger partial charge on any atom is 0.308 e. The Morgan fingerprint density at radius 3 is 2.20 bits per heavy atom. The van der Waals surface area contributed by atoms with E-state index >= 15 is 0 Å². The van der Waals surface area contributed by atoms with Gasteiger partial charge in [0.2, 0.25) is 9.05 Å². The van der Waals surface area contributed by atoms with Crippen LogP contribution in [0, 0.1) is 5.92 Å². The number of methoxy groups -OCH3 is 1. The number of ether oxygens (including phenoxy) is 1. The van der Waals surface area contributed by atoms with E-state index in [-0.39, 0.29) is 18.0 Å². The molecule has 2 atom stereocenters. The Hall–Kier alpha value is -0.330. The summed E-state index contributed by atoms with van der Waals surface area (Å²) in [6.45, 7) is 0. The van der Waals surface area contributed by atoms with Crippen LogP contribution < -0.4 is 0 Å². The Kier molecular flexibility index (Phi) is 6.16. The maximum absolute atomic E-state index is 10.8. The molecular weight excluding hydrogens is 244 g/mol. The molecule has 5 nitrogen and oxygen atoms in total. The molecule has 90 valence electrons. The lowest BCUT2D eigenvalue weighted by molar-refractivity contribution is -0.145. The van der Waals surface area contributed by atoms with Gasteiger partial charge in [-0.3, -0.25) is 4.79 Å². The van der Waals surface area contributed by atoms with Crippen molar-refractivity contribution in [3.05, 3.63) is 0 Å². The molecule has 1 N–H and O–H groups in total. The first-order chi connectivity index (χ1) is 6.74. The zero-order valence-corrected chi connectivity index (χ0v) is 10.2. The summed E-state index contributed by atoms with van der Waals surface area (Å²) >= 11 is 0. The number of esters is 1. The van der Waals surface area contributed by atoms with E-state index in [9.17, 15) is 13.2 Å². The molecule has 0 aliphatic heterocycles. The number of rotatable bonds is 1. The monoisotopic (exact) mass is 258 g/mol. The highest BCUT2D eigenvalue weighted by atomic mass is 35.7. The highest BCUT2D eigenvalue weighted by Gasteiger charge is 2.28. The Labute approximate surface area is 93.8 Å². The van der Waals surface area contributed by atoms with Crippen LogP contribution in [0.4, 0.5) is 0 Å². The van der Waals surface area contributed by atoms with Crippen molar-refractivity contribution >= 4 is 25.7 Å². The van der Waals surface area contributed by atoms with Crippen molar-refractivity contribution in [3.8, 4) is 0 Å². The normalized spacial score (nSPS) is 25.3. The number of carbonyl (C=O) groups is 1. The first-order valence-corrected chi connectivity index (χ1v) is 7.11. The molecule has 0 aromatic heterocycles. The zero-order chi connectivity index (χ0) is 12.1. The van der Waals surface area contributed by atoms with Gasteiger partial charge in [-0.1, -0.05) is 0 Å². The van der Waals surface area contributed by atoms with Gasteiger partial charge in [0.1, 0.15) is 0 Å². The summed E-state index contributed by atoms with van der Waals surface area (Å²) in [5.41, 5.74) is 0. The van der Waals surface area contributed by atoms with Crippen LogP contribution in [0.5, 0.6) is 0 Å². The van der Waals surface area contributed by atoms with E-state index in [2.05, 4.69) is 15.4 Å². The molecule has 15 heavy (non-hydrogen) atoms. The topological polar surface area (TPSA) is 80.7 Å². The van der Waals surface area contributed by atoms with Gasteiger partial charge in [0, 0.05) is 10.7 Å². The fraction of sp³-hybridized carbons (Fsp3) is 0.875. The van der Waals surface area contributed by atoms with Crippen molar-refractivity contribution in [1.82, 2.24) is 0 Å². The second-order valence-electron chi connectivity index (χ2n) is 3.37. The van der Waals surface area contributed by atoms with Crippen LogP contribution >= 0.6 is 10.7 Å². The van der Waals surface area contributed by atoms with Crippen LogP contribution in [0.15, 0.2) is 0 Å². The van der Waals surface area contributed by atoms with Crippen LogP contribution in [0.25, 0.3) is 0 Å². The molecular formula is C8H15ClO5S. The molecule has 7 heteroatoms. The number of halogens is 1. The molecule has 1 aliphatic rings. The van der Waals surface area contributed by atoms with Crippen molar-refractivity contribution < 1.29 is 23.1 Å². The Balaban J connectivity index is 0.000000336. The number of hydrogen-bond donors (Lipinski definition) is 1. The van der Waals surface area contributed by atoms with Gasteiger partial charge >= 0.3 is 5.97 Å². The number of aliphatic hydroxyl groups is 1. The molecule has 1 rings (SSSR count). The minimum Gasteiger partial charge on any atom is -0.469 e. The summed E-state index contributed by atoms with van der Waals surface area (Å²) in [6, 6.07) is 0. The molecule has 0 amide bonds. The quantitative estimate of drug-likeness (QED) is 0.547. The van der Waals surface area contributed by atoms with Gasteiger partial charge < -0.3 is 9.84 Å². The minimum absolute atomic E-state index is 0.0556. The lowest BCUT2D eigenvalue weighted by atomic mass is 10.1. The fourth-order valence-electron chi connectivity index (χ4n) is 1.34. The standard InChI is InChI=1S/C7H12O3.CH3ClO2S/c1-10-7(9)5-2-3-6(8)4-5;1-5(2,3)4/h5-6,8H,2-4H2,1H3;1H3. The summed E-state index contributed by atoms with van der Waals surface area (Å²) in [7, 11) is 2.69. The lowest BCUT2D eigenvalue weighted by Crippen LogP contribution is -2.13. The molecule has 0 spiro atoms. The van der Waals surface area contributed by atoms with Gasteiger partial charge in [0.25, 0.3) is 0 Å². The predicted molar refractivity (Wildman–Crippen MR) is 56.1 cm³/mol. The first-order valence-electron chi connectivity index (χ1n) is 4.39. The average molecular weight is 259 g/mol. The molecule has 0 radical (unpaired) electrons. The molecule has 0 saturated heterocycles. The highest BCUT2D eigenvalue weighted by molar-refractivity contribution is 8.13. The summed E-state index contributed by atoms with van der Waals surface area (Å²) in [4.78, 5) is 10.8. The van der Waals surface area contributed by atoms with E-state index in [1.54, 1.807) is 0 Å². The SMILES string of the molecule is COC(=O)C1CCC(O)C1.CS(=O)(=O)Cl. The molecule has 1 saturated carbocycles. The fourth-order valence-corrected chi connectivity index (χ4v) is 1.34. The minimum atomic E-state index is -3.19. The van der Waals surface area contributed by atoms with Crippen molar-refractivity contribution in [2.24, 2.45) is 5.92 Å². The van der Waals surface area contributed by atoms with E-state index in [0.29, 0.717) is 6.42 Å². The van der Waals surface area contributed by atoms with E-state index in [1.807, 2.05) is 0 Å². The molecule has 2 unspecified atom stereocenters. The van der Waals surface area contributed by atoms with Gasteiger partial charge in [-0.25, -0.2) is 8.42 Å². The van der Waals surface area contributed by atoms with Crippen molar-refractivity contribution in [3.63, 3.8) is 0 Å². The van der Waals surface area contributed by atoms with Crippen LogP contribution in [-0.2, 0) is 18.6 Å². The van der Waals surface area contributed by atoms with E-state index in [4.69, 9.17) is 5.11 Å². The molecule has 1 aliphatic carbocycles. The molecule has 0 aromatic carbocycles. The van der Waals surface area contributed by atoms with Gasteiger partial charge in [0.05, 0.1) is 25.4 Å². The van der Waals surface area contributed by atoms with Crippen molar-refractivity contribution in [1.29, 1.82) is 0 Å². The van der Waals surface area contributed by atoms with Crippen molar-refractivity contribution in [2.75, 3.05) is 13.4 Å². The predicted octanol–water partition coefficient (Wildman–Crippen LogP) is 0.505. The first kappa shape index (κ1) is 14.7. The van der Waals surface area contributed by atoms with E-state index in [0.717, 1.165) is 19.1 Å². The number of hydrogen-bond acceptors (Lipinski definition) is 5. The number of aliphatic hydroxyl groups excluding tert-OH is 1. The second kappa shape index (κ2) is 6.30. The third-order valence-electron chi connectivity index (χ3n) is 1.94. The highest BCUT2D eigenvalue weighted by Crippen LogP contribution is 2.25. The van der Waals surface area contributed by atoms with Gasteiger partial charge in [-0.05, 0) is 19.3 Å². The third kappa shape index (κ3) is 8.65. The summed E-state index contributed by atoms with van der Waals surface area (Å²) in [5, 5.41) is 9.04. The van der Waals surface area contributed by atoms with Gasteiger partial charge in [0.15, 0.2) is 0 Å². The summed E-state index contributed by atoms with van der Waals surface area (Å²) in [6.07, 6.45) is 2.72. The smallest absolute Gasteiger partial charge is 0.308 e. The van der Waals surface area contributed by atoms with E-state index in [1.165, 1.54) is 7.11 Å². The van der Waals surface area contributed by atoms with Crippen LogP contribution in [0.1, 0.15) is 19.3 Å². The Morgan fingerprint density at radius 1 is 1.47 bits per heavy atom. The van der Waals surface area contributed by atoms with Gasteiger partial charge in [-0.15, -0.1) is 0 Å². The van der Waals surface area contributed by atoms with Gasteiger partial charge in [-0.2, -0.15) is 0 Å². The van der Waals surface area contributed by atoms with Crippen LogP contribution in [0.3, 0.4) is 0 Å². The van der Waals surface area contributed by atoms with Crippen LogP contribution in [0.2, 0.25) is 0 Å². The largest absolute Gasteiger partial charge is 0.469 e. The molecule has 0 aromatic rings. The molecule has 0 bridgehead atoms. The zero-order valence-electron chi connectivity index (χ0n) is 8.64. The second-order valence-corrected chi connectivity index (χ2v) is 6.41. The number of carbonyl (C=O) groups excluding carboxylic acids is 1. The third-order valence-corrected chi connectivity index (χ3v) is 1.94. The van der Waals surface area contributed by atoms with Crippen molar-refractivity contribution in [2.45, 2.75) is 25.4 Å². The van der Waals surface area contributed by atoms with E-state index < -0.39 is 9.05 Å².